The normalized spacial score (nSPS) is 26.8. The second-order valence-corrected chi connectivity index (χ2v) is 13.0. The molecule has 42 heavy (non-hydrogen) atoms. The minimum atomic E-state index is -3.48. The van der Waals surface area contributed by atoms with E-state index >= 15 is 0 Å². The van der Waals surface area contributed by atoms with Crippen LogP contribution >= 0.6 is 0 Å². The Morgan fingerprint density at radius 1 is 0.976 bits per heavy atom. The number of sulfonamides is 1. The molecule has 226 valence electrons. The van der Waals surface area contributed by atoms with Gasteiger partial charge in [-0.2, -0.15) is 0 Å². The number of fused-ring (bicyclic) bond motifs is 5. The Bertz CT molecular complexity index is 1440. The van der Waals surface area contributed by atoms with Crippen LogP contribution in [-0.4, -0.2) is 100 Å². The van der Waals surface area contributed by atoms with Crippen molar-refractivity contribution in [2.24, 2.45) is 0 Å². The van der Waals surface area contributed by atoms with Gasteiger partial charge in [-0.05, 0) is 42.7 Å². The lowest BCUT2D eigenvalue weighted by atomic mass is 9.97. The van der Waals surface area contributed by atoms with Crippen molar-refractivity contribution in [2.75, 3.05) is 45.8 Å². The van der Waals surface area contributed by atoms with E-state index in [1.807, 2.05) is 24.3 Å². The number of hydrogen-bond donors (Lipinski definition) is 2. The largest absolute Gasteiger partial charge is 0.493 e. The van der Waals surface area contributed by atoms with Crippen LogP contribution in [0, 0.1) is 0 Å². The topological polar surface area (TPSA) is 136 Å². The number of amides is 2. The Hall–Kier alpha value is -3.39. The second-order valence-electron chi connectivity index (χ2n) is 11.2. The molecule has 4 atom stereocenters. The van der Waals surface area contributed by atoms with Gasteiger partial charge in [0, 0.05) is 45.2 Å². The van der Waals surface area contributed by atoms with Gasteiger partial charge in [-0.25, -0.2) is 13.1 Å². The fraction of sp³-hybridized carbons (Fsp3) is 0.517. The molecule has 2 aromatic carbocycles. The van der Waals surface area contributed by atoms with Crippen LogP contribution in [0.3, 0.4) is 0 Å². The summed E-state index contributed by atoms with van der Waals surface area (Å²) < 4.78 is 50.0. The number of piperazine rings is 1. The molecule has 0 aromatic heterocycles. The Kier molecular flexibility index (Phi) is 8.26. The maximum absolute atomic E-state index is 13.9. The van der Waals surface area contributed by atoms with Crippen molar-refractivity contribution >= 4 is 21.8 Å². The minimum absolute atomic E-state index is 0.112. The Labute approximate surface area is 245 Å². The van der Waals surface area contributed by atoms with Gasteiger partial charge in [0.1, 0.15) is 11.8 Å². The number of para-hydroxylation sites is 1. The van der Waals surface area contributed by atoms with E-state index < -0.39 is 28.2 Å². The van der Waals surface area contributed by atoms with Gasteiger partial charge in [-0.15, -0.1) is 0 Å². The summed E-state index contributed by atoms with van der Waals surface area (Å²) in [5.41, 5.74) is 1.42. The molecule has 2 saturated heterocycles. The Morgan fingerprint density at radius 2 is 1.81 bits per heavy atom. The van der Waals surface area contributed by atoms with Crippen LogP contribution < -0.4 is 24.2 Å². The van der Waals surface area contributed by atoms with E-state index in [0.717, 1.165) is 11.8 Å². The number of carbonyl (C=O) groups is 2. The molecule has 12 nitrogen and oxygen atoms in total. The highest BCUT2D eigenvalue weighted by Crippen LogP contribution is 2.33. The number of nitrogens with one attached hydrogen (secondary N) is 2. The van der Waals surface area contributed by atoms with Crippen LogP contribution in [0.5, 0.6) is 17.2 Å². The molecule has 2 amide bonds. The summed E-state index contributed by atoms with van der Waals surface area (Å²) in [6.07, 6.45) is 2.18. The average molecular weight is 601 g/mol. The SMILES string of the molecule is CS(=O)(=O)N[C@@H]1CC[C@H]2CCOc3ccccc3C(=O)N3CCN(Cc4ccc5c(c4)OCO5)C[C@H]3C(=O)NC[C@H]1O2. The summed E-state index contributed by atoms with van der Waals surface area (Å²) in [5.74, 6) is 1.27. The first-order valence-corrected chi connectivity index (χ1v) is 16.2. The van der Waals surface area contributed by atoms with Crippen molar-refractivity contribution in [2.45, 2.75) is 50.1 Å². The van der Waals surface area contributed by atoms with Crippen LogP contribution in [0.15, 0.2) is 42.5 Å². The summed E-state index contributed by atoms with van der Waals surface area (Å²) in [7, 11) is -3.48. The smallest absolute Gasteiger partial charge is 0.258 e. The molecule has 2 aromatic rings. The van der Waals surface area contributed by atoms with Crippen LogP contribution in [0.4, 0.5) is 0 Å². The van der Waals surface area contributed by atoms with Crippen LogP contribution in [-0.2, 0) is 26.1 Å². The lowest BCUT2D eigenvalue weighted by Crippen LogP contribution is -2.61. The molecule has 13 heteroatoms. The van der Waals surface area contributed by atoms with Gasteiger partial charge >= 0.3 is 0 Å². The lowest BCUT2D eigenvalue weighted by molar-refractivity contribution is -0.130. The quantitative estimate of drug-likeness (QED) is 0.529. The monoisotopic (exact) mass is 600 g/mol. The standard InChI is InChI=1S/C29H36N4O8S/c1-42(36,37)31-22-8-7-20-10-13-38-24-5-3-2-4-21(24)29(35)33-12-11-32(17-23(33)28(34)30-15-27(22)41-20)16-19-6-9-25-26(14-19)40-18-39-25/h2-6,9,14,20,22-23,27,31H,7-8,10-13,15-18H2,1H3,(H,30,34)/t20-,22+,23-,27+/m0/s1. The first kappa shape index (κ1) is 28.7. The van der Waals surface area contributed by atoms with E-state index in [1.54, 1.807) is 23.1 Å². The maximum Gasteiger partial charge on any atom is 0.258 e. The van der Waals surface area contributed by atoms with E-state index in [0.29, 0.717) is 74.9 Å². The predicted octanol–water partition coefficient (Wildman–Crippen LogP) is 1.11. The zero-order chi connectivity index (χ0) is 29.3. The third kappa shape index (κ3) is 6.48. The van der Waals surface area contributed by atoms with Gasteiger partial charge in [0.15, 0.2) is 11.5 Å². The van der Waals surface area contributed by atoms with E-state index in [4.69, 9.17) is 18.9 Å². The van der Waals surface area contributed by atoms with Crippen molar-refractivity contribution in [1.29, 1.82) is 0 Å². The van der Waals surface area contributed by atoms with Crippen LogP contribution in [0.25, 0.3) is 0 Å². The minimum Gasteiger partial charge on any atom is -0.493 e. The van der Waals surface area contributed by atoms with Crippen LogP contribution in [0.2, 0.25) is 0 Å². The summed E-state index contributed by atoms with van der Waals surface area (Å²) in [5, 5.41) is 2.98. The molecular weight excluding hydrogens is 564 g/mol. The van der Waals surface area contributed by atoms with Gasteiger partial charge in [0.2, 0.25) is 22.7 Å². The van der Waals surface area contributed by atoms with E-state index in [9.17, 15) is 18.0 Å². The Balaban J connectivity index is 1.25. The molecule has 6 rings (SSSR count). The summed E-state index contributed by atoms with van der Waals surface area (Å²) in [6, 6.07) is 11.6. The molecule has 0 radical (unpaired) electrons. The fourth-order valence-corrected chi connectivity index (χ4v) is 6.88. The Morgan fingerprint density at radius 3 is 2.67 bits per heavy atom. The highest BCUT2D eigenvalue weighted by molar-refractivity contribution is 7.88. The van der Waals surface area contributed by atoms with E-state index in [1.165, 1.54) is 0 Å². The number of rotatable bonds is 4. The fourth-order valence-electron chi connectivity index (χ4n) is 6.07. The number of nitrogens with zero attached hydrogens (tertiary/aromatic N) is 2. The summed E-state index contributed by atoms with van der Waals surface area (Å²) in [6.45, 7) is 2.44. The van der Waals surface area contributed by atoms with Crippen molar-refractivity contribution < 1.29 is 37.0 Å². The van der Waals surface area contributed by atoms with Gasteiger partial charge in [-0.1, -0.05) is 18.2 Å². The van der Waals surface area contributed by atoms with Gasteiger partial charge in [0.05, 0.1) is 30.6 Å². The molecule has 0 aliphatic carbocycles. The highest BCUT2D eigenvalue weighted by Gasteiger charge is 2.39. The molecule has 0 spiro atoms. The molecule has 2 fully saturated rings. The lowest BCUT2D eigenvalue weighted by Gasteiger charge is -2.41. The number of carbonyl (C=O) groups excluding carboxylic acids is 2. The third-order valence-electron chi connectivity index (χ3n) is 8.14. The molecule has 4 heterocycles. The first-order chi connectivity index (χ1) is 20.2. The van der Waals surface area contributed by atoms with Crippen molar-refractivity contribution in [3.8, 4) is 17.2 Å². The van der Waals surface area contributed by atoms with Gasteiger partial charge in [-0.3, -0.25) is 14.5 Å². The average Bonchev–Trinajstić information content (AvgIpc) is 3.44. The van der Waals surface area contributed by atoms with Crippen molar-refractivity contribution in [3.05, 3.63) is 53.6 Å². The van der Waals surface area contributed by atoms with Crippen molar-refractivity contribution in [3.63, 3.8) is 0 Å². The molecule has 0 saturated carbocycles. The zero-order valence-electron chi connectivity index (χ0n) is 23.5. The molecule has 2 bridgehead atoms. The second kappa shape index (κ2) is 12.1. The van der Waals surface area contributed by atoms with Crippen LogP contribution in [0.1, 0.15) is 35.2 Å². The molecular formula is C29H36N4O8S. The highest BCUT2D eigenvalue weighted by atomic mass is 32.2. The van der Waals surface area contributed by atoms with E-state index in [-0.39, 0.29) is 31.3 Å². The first-order valence-electron chi connectivity index (χ1n) is 14.3. The van der Waals surface area contributed by atoms with Gasteiger partial charge in [0.25, 0.3) is 5.91 Å². The molecule has 2 N–H and O–H groups in total. The zero-order valence-corrected chi connectivity index (χ0v) is 24.3. The number of ether oxygens (including phenoxy) is 4. The number of benzene rings is 2. The third-order valence-corrected chi connectivity index (χ3v) is 8.88. The molecule has 4 aliphatic rings. The predicted molar refractivity (Wildman–Crippen MR) is 152 cm³/mol. The van der Waals surface area contributed by atoms with Gasteiger partial charge < -0.3 is 29.2 Å². The molecule has 4 aliphatic heterocycles. The summed E-state index contributed by atoms with van der Waals surface area (Å²) >= 11 is 0. The summed E-state index contributed by atoms with van der Waals surface area (Å²) in [4.78, 5) is 31.4. The van der Waals surface area contributed by atoms with Crippen molar-refractivity contribution in [1.82, 2.24) is 19.8 Å². The van der Waals surface area contributed by atoms with E-state index in [2.05, 4.69) is 14.9 Å². The molecule has 0 unspecified atom stereocenters. The maximum atomic E-state index is 13.9. The number of hydrogen-bond acceptors (Lipinski definition) is 9.